The first kappa shape index (κ1) is 15.1. The maximum atomic E-state index is 12.6. The van der Waals surface area contributed by atoms with Crippen LogP contribution in [0.5, 0.6) is 0 Å². The van der Waals surface area contributed by atoms with Gasteiger partial charge in [-0.05, 0) is 55.2 Å². The van der Waals surface area contributed by atoms with E-state index in [9.17, 15) is 4.79 Å². The van der Waals surface area contributed by atoms with Crippen LogP contribution in [0.2, 0.25) is 0 Å². The first-order chi connectivity index (χ1) is 10.6. The highest BCUT2D eigenvalue weighted by atomic mass is 79.9. The molecule has 1 aliphatic heterocycles. The molecule has 2 aromatic rings. The highest BCUT2D eigenvalue weighted by molar-refractivity contribution is 9.10. The van der Waals surface area contributed by atoms with Crippen LogP contribution in [0.25, 0.3) is 0 Å². The monoisotopic (exact) mass is 358 g/mol. The average Bonchev–Trinajstić information content (AvgIpc) is 2.99. The number of rotatable bonds is 2. The predicted octanol–water partition coefficient (Wildman–Crippen LogP) is 5.13. The number of urea groups is 1. The molecule has 0 bridgehead atoms. The highest BCUT2D eigenvalue weighted by Gasteiger charge is 2.30. The highest BCUT2D eigenvalue weighted by Crippen LogP contribution is 2.34. The summed E-state index contributed by atoms with van der Waals surface area (Å²) in [7, 11) is 0. The van der Waals surface area contributed by atoms with Gasteiger partial charge in [-0.1, -0.05) is 40.2 Å². The molecule has 0 aliphatic carbocycles. The number of anilines is 1. The topological polar surface area (TPSA) is 32.3 Å². The average molecular weight is 359 g/mol. The third kappa shape index (κ3) is 3.17. The van der Waals surface area contributed by atoms with Gasteiger partial charge in [0.05, 0.1) is 6.04 Å². The number of carbonyl (C=O) groups excluding carboxylic acids is 1. The number of benzene rings is 2. The Hall–Kier alpha value is -1.81. The van der Waals surface area contributed by atoms with Gasteiger partial charge in [0, 0.05) is 16.7 Å². The maximum absolute atomic E-state index is 12.6. The van der Waals surface area contributed by atoms with E-state index in [-0.39, 0.29) is 12.1 Å². The van der Waals surface area contributed by atoms with Crippen molar-refractivity contribution in [2.24, 2.45) is 0 Å². The minimum atomic E-state index is -0.0203. The number of amides is 2. The van der Waals surface area contributed by atoms with Gasteiger partial charge in [-0.2, -0.15) is 0 Å². The molecule has 2 aromatic carbocycles. The zero-order valence-corrected chi connectivity index (χ0v) is 14.1. The second-order valence-corrected chi connectivity index (χ2v) is 6.56. The van der Waals surface area contributed by atoms with Crippen LogP contribution in [0.1, 0.15) is 30.0 Å². The van der Waals surface area contributed by atoms with Crippen LogP contribution in [0.3, 0.4) is 0 Å². The molecule has 1 N–H and O–H groups in total. The molecule has 114 valence electrons. The lowest BCUT2D eigenvalue weighted by molar-refractivity contribution is 0.207. The van der Waals surface area contributed by atoms with Crippen LogP contribution in [-0.4, -0.2) is 17.5 Å². The zero-order chi connectivity index (χ0) is 15.5. The van der Waals surface area contributed by atoms with E-state index < -0.39 is 0 Å². The third-order valence-corrected chi connectivity index (χ3v) is 4.69. The lowest BCUT2D eigenvalue weighted by atomic mass is 9.99. The molecule has 3 nitrogen and oxygen atoms in total. The molecule has 0 saturated carbocycles. The summed E-state index contributed by atoms with van der Waals surface area (Å²) in [5.74, 6) is 0. The fraction of sp³-hybridized carbons (Fsp3) is 0.278. The quantitative estimate of drug-likeness (QED) is 0.792. The van der Waals surface area contributed by atoms with Crippen molar-refractivity contribution in [3.8, 4) is 0 Å². The van der Waals surface area contributed by atoms with E-state index in [4.69, 9.17) is 0 Å². The molecule has 1 fully saturated rings. The Bertz CT molecular complexity index is 669. The molecule has 1 atom stereocenters. The lowest BCUT2D eigenvalue weighted by Crippen LogP contribution is -2.34. The summed E-state index contributed by atoms with van der Waals surface area (Å²) >= 11 is 3.40. The Morgan fingerprint density at radius 2 is 1.91 bits per heavy atom. The van der Waals surface area contributed by atoms with Gasteiger partial charge in [-0.15, -0.1) is 0 Å². The Kier molecular flexibility index (Phi) is 4.48. The van der Waals surface area contributed by atoms with E-state index in [0.29, 0.717) is 0 Å². The normalized spacial score (nSPS) is 17.5. The van der Waals surface area contributed by atoms with Crippen LogP contribution >= 0.6 is 15.9 Å². The second-order valence-electron chi connectivity index (χ2n) is 5.65. The van der Waals surface area contributed by atoms with E-state index in [0.717, 1.165) is 29.5 Å². The molecular weight excluding hydrogens is 340 g/mol. The second kappa shape index (κ2) is 6.53. The van der Waals surface area contributed by atoms with Crippen LogP contribution in [0.15, 0.2) is 53.0 Å². The van der Waals surface area contributed by atoms with Crippen LogP contribution < -0.4 is 5.32 Å². The number of carbonyl (C=O) groups is 1. The van der Waals surface area contributed by atoms with E-state index in [2.05, 4.69) is 40.3 Å². The number of hydrogen-bond acceptors (Lipinski definition) is 1. The number of hydrogen-bond donors (Lipinski definition) is 1. The Morgan fingerprint density at radius 1 is 1.18 bits per heavy atom. The smallest absolute Gasteiger partial charge is 0.317 e. The molecule has 2 amide bonds. The molecule has 0 aromatic heterocycles. The maximum Gasteiger partial charge on any atom is 0.322 e. The fourth-order valence-electron chi connectivity index (χ4n) is 3.02. The molecule has 0 spiro atoms. The molecule has 0 unspecified atom stereocenters. The number of halogens is 1. The molecule has 1 heterocycles. The van der Waals surface area contributed by atoms with E-state index >= 15 is 0 Å². The number of aryl methyl sites for hydroxylation is 1. The van der Waals surface area contributed by atoms with Crippen molar-refractivity contribution in [1.29, 1.82) is 0 Å². The predicted molar refractivity (Wildman–Crippen MR) is 93.0 cm³/mol. The van der Waals surface area contributed by atoms with Gasteiger partial charge in [-0.25, -0.2) is 4.79 Å². The molecule has 1 saturated heterocycles. The van der Waals surface area contributed by atoms with Crippen molar-refractivity contribution in [2.75, 3.05) is 11.9 Å². The SMILES string of the molecule is Cc1ccccc1[C@H]1CCCN1C(=O)Nc1ccc(Br)cc1. The van der Waals surface area contributed by atoms with Crippen molar-refractivity contribution in [1.82, 2.24) is 4.90 Å². The Labute approximate surface area is 139 Å². The number of likely N-dealkylation sites (tertiary alicyclic amines) is 1. The van der Waals surface area contributed by atoms with Gasteiger partial charge in [0.1, 0.15) is 0 Å². The van der Waals surface area contributed by atoms with Gasteiger partial charge in [0.2, 0.25) is 0 Å². The largest absolute Gasteiger partial charge is 0.322 e. The summed E-state index contributed by atoms with van der Waals surface area (Å²) in [4.78, 5) is 14.5. The molecule has 22 heavy (non-hydrogen) atoms. The minimum absolute atomic E-state index is 0.0203. The zero-order valence-electron chi connectivity index (χ0n) is 12.6. The van der Waals surface area contributed by atoms with E-state index in [1.165, 1.54) is 11.1 Å². The first-order valence-electron chi connectivity index (χ1n) is 7.54. The first-order valence-corrected chi connectivity index (χ1v) is 8.33. The molecule has 4 heteroatoms. The summed E-state index contributed by atoms with van der Waals surface area (Å²) in [5.41, 5.74) is 3.32. The summed E-state index contributed by atoms with van der Waals surface area (Å²) in [5, 5.41) is 3.00. The van der Waals surface area contributed by atoms with Crippen molar-refractivity contribution >= 4 is 27.6 Å². The van der Waals surface area contributed by atoms with Gasteiger partial charge >= 0.3 is 6.03 Å². The van der Waals surface area contributed by atoms with Crippen molar-refractivity contribution < 1.29 is 4.79 Å². The molecule has 1 aliphatic rings. The van der Waals surface area contributed by atoms with Crippen LogP contribution in [0.4, 0.5) is 10.5 Å². The summed E-state index contributed by atoms with van der Waals surface area (Å²) in [6.45, 7) is 2.92. The van der Waals surface area contributed by atoms with Gasteiger partial charge in [-0.3, -0.25) is 0 Å². The Balaban J connectivity index is 1.76. The van der Waals surface area contributed by atoms with Gasteiger partial charge in [0.25, 0.3) is 0 Å². The third-order valence-electron chi connectivity index (χ3n) is 4.16. The van der Waals surface area contributed by atoms with E-state index in [1.54, 1.807) is 0 Å². The van der Waals surface area contributed by atoms with Crippen LogP contribution in [0, 0.1) is 6.92 Å². The molecule has 0 radical (unpaired) electrons. The van der Waals surface area contributed by atoms with Gasteiger partial charge < -0.3 is 10.2 Å². The standard InChI is InChI=1S/C18H19BrN2O/c1-13-5-2-3-6-16(13)17-7-4-12-21(17)18(22)20-15-10-8-14(19)9-11-15/h2-3,5-6,8-11,17H,4,7,12H2,1H3,(H,20,22)/t17-/m1/s1. The summed E-state index contributed by atoms with van der Waals surface area (Å²) in [6, 6.07) is 16.2. The minimum Gasteiger partial charge on any atom is -0.317 e. The fourth-order valence-corrected chi connectivity index (χ4v) is 3.29. The van der Waals surface area contributed by atoms with Crippen molar-refractivity contribution in [3.63, 3.8) is 0 Å². The lowest BCUT2D eigenvalue weighted by Gasteiger charge is -2.26. The number of nitrogens with one attached hydrogen (secondary N) is 1. The van der Waals surface area contributed by atoms with Gasteiger partial charge in [0.15, 0.2) is 0 Å². The van der Waals surface area contributed by atoms with E-state index in [1.807, 2.05) is 41.3 Å². The number of nitrogens with zero attached hydrogens (tertiary/aromatic N) is 1. The summed E-state index contributed by atoms with van der Waals surface area (Å²) < 4.78 is 1.00. The van der Waals surface area contributed by atoms with Crippen molar-refractivity contribution in [2.45, 2.75) is 25.8 Å². The Morgan fingerprint density at radius 3 is 2.64 bits per heavy atom. The van der Waals surface area contributed by atoms with Crippen molar-refractivity contribution in [3.05, 3.63) is 64.1 Å². The van der Waals surface area contributed by atoms with Crippen LogP contribution in [-0.2, 0) is 0 Å². The molecular formula is C18H19BrN2O. The summed E-state index contributed by atoms with van der Waals surface area (Å²) in [6.07, 6.45) is 2.07. The molecule has 3 rings (SSSR count).